The molecule has 1 fully saturated rings. The molecule has 0 N–H and O–H groups in total. The zero-order valence-electron chi connectivity index (χ0n) is 13.4. The van der Waals surface area contributed by atoms with Crippen LogP contribution >= 0.6 is 0 Å². The van der Waals surface area contributed by atoms with Crippen LogP contribution in [0.3, 0.4) is 0 Å². The third-order valence-corrected chi connectivity index (χ3v) is 3.64. The first kappa shape index (κ1) is 16.4. The first-order valence-corrected chi connectivity index (χ1v) is 7.60. The Morgan fingerprint density at radius 3 is 2.50 bits per heavy atom. The Bertz CT molecular complexity index is 704. The second-order valence-electron chi connectivity index (χ2n) is 5.94. The van der Waals surface area contributed by atoms with Crippen LogP contribution in [0.4, 0.5) is 0 Å². The van der Waals surface area contributed by atoms with Crippen LogP contribution in [0.15, 0.2) is 53.3 Å². The molecule has 6 heteroatoms. The monoisotopic (exact) mass is 330 g/mol. The maximum Gasteiger partial charge on any atom is 0.338 e. The number of carbonyl (C=O) groups excluding carboxylic acids is 2. The molecule has 0 spiro atoms. The molecular weight excluding hydrogens is 312 g/mol. The second kappa shape index (κ2) is 6.59. The number of carbonyl (C=O) groups is 2. The lowest BCUT2D eigenvalue weighted by Crippen LogP contribution is -2.35. The zero-order chi connectivity index (χ0) is 17.2. The van der Waals surface area contributed by atoms with Crippen molar-refractivity contribution in [2.75, 3.05) is 6.61 Å². The second-order valence-corrected chi connectivity index (χ2v) is 5.94. The Balaban J connectivity index is 1.68. The number of furan rings is 1. The predicted octanol–water partition coefficient (Wildman–Crippen LogP) is 2.84. The molecule has 3 rings (SSSR count). The van der Waals surface area contributed by atoms with Crippen molar-refractivity contribution in [3.05, 3.63) is 60.1 Å². The smallest absolute Gasteiger partial charge is 0.338 e. The molecule has 1 aromatic carbocycles. The van der Waals surface area contributed by atoms with Gasteiger partial charge in [-0.1, -0.05) is 18.2 Å². The van der Waals surface area contributed by atoms with E-state index in [2.05, 4.69) is 0 Å². The van der Waals surface area contributed by atoms with Gasteiger partial charge in [-0.2, -0.15) is 0 Å². The lowest BCUT2D eigenvalue weighted by molar-refractivity contribution is -0.146. The molecule has 24 heavy (non-hydrogen) atoms. The van der Waals surface area contributed by atoms with Crippen molar-refractivity contribution in [3.63, 3.8) is 0 Å². The van der Waals surface area contributed by atoms with Crippen molar-refractivity contribution in [1.29, 1.82) is 0 Å². The topological polar surface area (TPSA) is 75.0 Å². The molecule has 0 unspecified atom stereocenters. The number of ketones is 1. The first-order valence-electron chi connectivity index (χ1n) is 7.60. The molecule has 0 amide bonds. The van der Waals surface area contributed by atoms with E-state index in [1.165, 1.54) is 12.5 Å². The lowest BCUT2D eigenvalue weighted by Gasteiger charge is -2.16. The molecular formula is C18H18O6. The predicted molar refractivity (Wildman–Crippen MR) is 83.6 cm³/mol. The third-order valence-electron chi connectivity index (χ3n) is 3.64. The molecule has 1 aliphatic heterocycles. The fourth-order valence-corrected chi connectivity index (χ4v) is 2.56. The molecule has 2 heterocycles. The van der Waals surface area contributed by atoms with Crippen molar-refractivity contribution in [2.45, 2.75) is 31.8 Å². The number of Topliss-reactive ketones (excluding diaryl/α,β-unsaturated/α-hetero) is 1. The van der Waals surface area contributed by atoms with Gasteiger partial charge in [0.2, 0.25) is 0 Å². The summed E-state index contributed by atoms with van der Waals surface area (Å²) in [5.74, 6) is -1.68. The van der Waals surface area contributed by atoms with Crippen LogP contribution < -0.4 is 0 Å². The molecule has 126 valence electrons. The molecule has 0 bridgehead atoms. The quantitative estimate of drug-likeness (QED) is 0.620. The van der Waals surface area contributed by atoms with Crippen molar-refractivity contribution >= 4 is 11.8 Å². The van der Waals surface area contributed by atoms with Crippen LogP contribution in [0.5, 0.6) is 0 Å². The van der Waals surface area contributed by atoms with Crippen LogP contribution in [-0.4, -0.2) is 36.4 Å². The fraction of sp³-hybridized carbons (Fsp3) is 0.333. The summed E-state index contributed by atoms with van der Waals surface area (Å²) in [7, 11) is 0. The highest BCUT2D eigenvalue weighted by Gasteiger charge is 2.46. The van der Waals surface area contributed by atoms with Crippen LogP contribution in [0.1, 0.15) is 34.6 Å². The van der Waals surface area contributed by atoms with E-state index >= 15 is 0 Å². The van der Waals surface area contributed by atoms with E-state index in [9.17, 15) is 9.59 Å². The maximum atomic E-state index is 12.5. The van der Waals surface area contributed by atoms with Gasteiger partial charge in [0, 0.05) is 0 Å². The Hall–Kier alpha value is -2.44. The first-order chi connectivity index (χ1) is 11.5. The third kappa shape index (κ3) is 3.55. The highest BCUT2D eigenvalue weighted by atomic mass is 16.8. The summed E-state index contributed by atoms with van der Waals surface area (Å²) in [6.45, 7) is 3.34. The van der Waals surface area contributed by atoms with Gasteiger partial charge in [0.1, 0.15) is 19.0 Å². The molecule has 6 nitrogen and oxygen atoms in total. The lowest BCUT2D eigenvalue weighted by atomic mass is 10.1. The SMILES string of the molecule is CC1(C)O[C@@H](COC(=O)c2ccccc2)[C@@H](C(=O)c2ccoc2)O1. The van der Waals surface area contributed by atoms with Crippen LogP contribution in [0.25, 0.3) is 0 Å². The van der Waals surface area contributed by atoms with Crippen molar-refractivity contribution in [3.8, 4) is 0 Å². The molecule has 0 saturated carbocycles. The van der Waals surface area contributed by atoms with E-state index in [-0.39, 0.29) is 12.4 Å². The van der Waals surface area contributed by atoms with Gasteiger partial charge in [0.25, 0.3) is 0 Å². The summed E-state index contributed by atoms with van der Waals surface area (Å²) in [6.07, 6.45) is 1.22. The molecule has 1 saturated heterocycles. The largest absolute Gasteiger partial charge is 0.472 e. The van der Waals surface area contributed by atoms with Gasteiger partial charge in [-0.05, 0) is 32.0 Å². The highest BCUT2D eigenvalue weighted by molar-refractivity contribution is 5.99. The standard InChI is InChI=1S/C18H18O6/c1-18(2)23-14(11-22-17(20)12-6-4-3-5-7-12)16(24-18)15(19)13-8-9-21-10-13/h3-10,14,16H,11H2,1-2H3/t14-,16-/m0/s1. The number of ether oxygens (including phenoxy) is 3. The van der Waals surface area contributed by atoms with E-state index in [1.807, 2.05) is 6.07 Å². The molecule has 0 aliphatic carbocycles. The van der Waals surface area contributed by atoms with Crippen molar-refractivity contribution in [1.82, 2.24) is 0 Å². The molecule has 2 atom stereocenters. The summed E-state index contributed by atoms with van der Waals surface area (Å²) in [6, 6.07) is 10.2. The minimum Gasteiger partial charge on any atom is -0.472 e. The Kier molecular flexibility index (Phi) is 4.51. The van der Waals surface area contributed by atoms with Crippen LogP contribution in [0.2, 0.25) is 0 Å². The van der Waals surface area contributed by atoms with Crippen molar-refractivity contribution in [2.24, 2.45) is 0 Å². The van der Waals surface area contributed by atoms with E-state index < -0.39 is 24.0 Å². The molecule has 0 radical (unpaired) electrons. The normalized spacial score (nSPS) is 22.2. The molecule has 2 aromatic rings. The molecule has 1 aromatic heterocycles. The number of hydrogen-bond acceptors (Lipinski definition) is 6. The van der Waals surface area contributed by atoms with Crippen LogP contribution in [0, 0.1) is 0 Å². The minimum atomic E-state index is -0.937. The van der Waals surface area contributed by atoms with Gasteiger partial charge < -0.3 is 18.6 Å². The van der Waals surface area contributed by atoms with E-state index in [1.54, 1.807) is 44.2 Å². The zero-order valence-corrected chi connectivity index (χ0v) is 13.4. The summed E-state index contributed by atoms with van der Waals surface area (Å²) < 4.78 is 21.6. The summed E-state index contributed by atoms with van der Waals surface area (Å²) in [4.78, 5) is 24.6. The highest BCUT2D eigenvalue weighted by Crippen LogP contribution is 2.30. The average molecular weight is 330 g/mol. The van der Waals surface area contributed by atoms with E-state index in [0.717, 1.165) is 0 Å². The molecule has 1 aliphatic rings. The van der Waals surface area contributed by atoms with Gasteiger partial charge >= 0.3 is 5.97 Å². The van der Waals surface area contributed by atoms with Gasteiger partial charge in [-0.3, -0.25) is 4.79 Å². The van der Waals surface area contributed by atoms with Gasteiger partial charge in [0.15, 0.2) is 17.7 Å². The number of benzene rings is 1. The number of rotatable bonds is 5. The summed E-state index contributed by atoms with van der Waals surface area (Å²) >= 11 is 0. The Morgan fingerprint density at radius 2 is 1.83 bits per heavy atom. The Labute approximate surface area is 139 Å². The summed E-state index contributed by atoms with van der Waals surface area (Å²) in [5.41, 5.74) is 0.828. The van der Waals surface area contributed by atoms with Crippen LogP contribution in [-0.2, 0) is 14.2 Å². The number of esters is 1. The van der Waals surface area contributed by atoms with Gasteiger partial charge in [0.05, 0.1) is 17.4 Å². The number of hydrogen-bond donors (Lipinski definition) is 0. The van der Waals surface area contributed by atoms with Gasteiger partial charge in [-0.15, -0.1) is 0 Å². The Morgan fingerprint density at radius 1 is 1.08 bits per heavy atom. The van der Waals surface area contributed by atoms with E-state index in [0.29, 0.717) is 11.1 Å². The van der Waals surface area contributed by atoms with E-state index in [4.69, 9.17) is 18.6 Å². The average Bonchev–Trinajstić information content (AvgIpc) is 3.20. The minimum absolute atomic E-state index is 0.0780. The maximum absolute atomic E-state index is 12.5. The van der Waals surface area contributed by atoms with Crippen molar-refractivity contribution < 1.29 is 28.2 Å². The summed E-state index contributed by atoms with van der Waals surface area (Å²) in [5, 5.41) is 0. The fourth-order valence-electron chi connectivity index (χ4n) is 2.56. The van der Waals surface area contributed by atoms with Gasteiger partial charge in [-0.25, -0.2) is 4.79 Å².